The van der Waals surface area contributed by atoms with Crippen LogP contribution in [0.25, 0.3) is 130 Å². The molecule has 0 spiro atoms. The van der Waals surface area contributed by atoms with Crippen LogP contribution in [0.4, 0.5) is 0 Å². The maximum Gasteiger partial charge on any atom is 0.136 e. The largest absolute Gasteiger partial charge is 0.456 e. The zero-order valence-electron chi connectivity index (χ0n) is 32.4. The highest BCUT2D eigenvalue weighted by Gasteiger charge is 2.22. The van der Waals surface area contributed by atoms with Crippen molar-refractivity contribution in [3.05, 3.63) is 206 Å². The van der Waals surface area contributed by atoms with Crippen LogP contribution in [0.15, 0.2) is 211 Å². The maximum absolute atomic E-state index is 6.40. The minimum Gasteiger partial charge on any atom is -0.456 e. The van der Waals surface area contributed by atoms with Gasteiger partial charge in [0.05, 0.1) is 0 Å². The number of para-hydroxylation sites is 1. The van der Waals surface area contributed by atoms with Crippen molar-refractivity contribution in [2.45, 2.75) is 0 Å². The van der Waals surface area contributed by atoms with E-state index in [2.05, 4.69) is 200 Å². The van der Waals surface area contributed by atoms with Crippen molar-refractivity contribution < 1.29 is 4.42 Å². The van der Waals surface area contributed by atoms with Gasteiger partial charge in [-0.25, -0.2) is 0 Å². The van der Waals surface area contributed by atoms with Crippen LogP contribution in [0, 0.1) is 0 Å². The van der Waals surface area contributed by atoms with Crippen molar-refractivity contribution in [1.82, 2.24) is 0 Å². The number of furan rings is 1. The monoisotopic (exact) mass is 778 g/mol. The third-order valence-corrected chi connectivity index (χ3v) is 13.8. The average Bonchev–Trinajstić information content (AvgIpc) is 3.88. The highest BCUT2D eigenvalue weighted by atomic mass is 32.1. The zero-order valence-corrected chi connectivity index (χ0v) is 33.3. The van der Waals surface area contributed by atoms with E-state index in [-0.39, 0.29) is 0 Å². The summed E-state index contributed by atoms with van der Waals surface area (Å²) in [6, 6.07) is 75.7. The van der Waals surface area contributed by atoms with Gasteiger partial charge in [-0.3, -0.25) is 0 Å². The first kappa shape index (κ1) is 33.5. The zero-order chi connectivity index (χ0) is 39.3. The Morgan fingerprint density at radius 2 is 0.717 bits per heavy atom. The molecule has 0 bridgehead atoms. The number of rotatable bonds is 4. The van der Waals surface area contributed by atoms with Crippen LogP contribution in [-0.4, -0.2) is 0 Å². The number of hydrogen-bond acceptors (Lipinski definition) is 2. The summed E-state index contributed by atoms with van der Waals surface area (Å²) in [5.74, 6) is 0. The van der Waals surface area contributed by atoms with Gasteiger partial charge in [0.25, 0.3) is 0 Å². The molecule has 0 saturated heterocycles. The minimum absolute atomic E-state index is 0.911. The first-order valence-electron chi connectivity index (χ1n) is 20.6. The van der Waals surface area contributed by atoms with E-state index < -0.39 is 0 Å². The van der Waals surface area contributed by atoms with E-state index >= 15 is 0 Å². The van der Waals surface area contributed by atoms with Gasteiger partial charge in [-0.2, -0.15) is 0 Å². The van der Waals surface area contributed by atoms with Crippen molar-refractivity contribution in [1.29, 1.82) is 0 Å². The smallest absolute Gasteiger partial charge is 0.136 e. The molecule has 0 aliphatic rings. The van der Waals surface area contributed by atoms with Gasteiger partial charge in [0.2, 0.25) is 0 Å². The number of benzene rings is 11. The lowest BCUT2D eigenvalue weighted by Gasteiger charge is -2.18. The second-order valence-corrected chi connectivity index (χ2v) is 16.9. The van der Waals surface area contributed by atoms with Crippen LogP contribution in [-0.2, 0) is 0 Å². The molecule has 2 heterocycles. The fourth-order valence-corrected chi connectivity index (χ4v) is 11.3. The quantitative estimate of drug-likeness (QED) is 0.162. The number of thiophene rings is 1. The topological polar surface area (TPSA) is 13.1 Å². The van der Waals surface area contributed by atoms with Gasteiger partial charge in [-0.15, -0.1) is 11.3 Å². The van der Waals surface area contributed by atoms with E-state index in [0.717, 1.165) is 27.5 Å². The van der Waals surface area contributed by atoms with Gasteiger partial charge in [-0.1, -0.05) is 176 Å². The molecule has 2 aromatic heterocycles. The van der Waals surface area contributed by atoms with Gasteiger partial charge < -0.3 is 4.42 Å². The standard InChI is InChI=1S/C58H34OS/c1-2-15-35(16-3-1)54-44-22-8-10-24-46(44)57(47-25-11-9-23-45(47)54)49-26-14-28-52-58(49)48-32-30-37(34-53(48)60-52)56-42-20-6-4-18-40(42)55(41-19-5-7-21-43(41)56)36-29-31-39-38-17-12-13-27-50(38)59-51(39)33-36/h1-34H. The molecule has 0 aliphatic carbocycles. The van der Waals surface area contributed by atoms with E-state index in [1.165, 1.54) is 102 Å². The minimum atomic E-state index is 0.911. The highest BCUT2D eigenvalue weighted by Crippen LogP contribution is 2.50. The van der Waals surface area contributed by atoms with E-state index in [4.69, 9.17) is 4.42 Å². The molecule has 11 aromatic carbocycles. The fourth-order valence-electron chi connectivity index (χ4n) is 10.2. The molecule has 13 rings (SSSR count). The first-order chi connectivity index (χ1) is 29.8. The molecule has 0 amide bonds. The van der Waals surface area contributed by atoms with Crippen molar-refractivity contribution >= 4 is 96.5 Å². The molecule has 0 fully saturated rings. The molecule has 0 saturated carbocycles. The predicted octanol–water partition coefficient (Wildman–Crippen LogP) is 17.2. The van der Waals surface area contributed by atoms with Crippen LogP contribution in [0.1, 0.15) is 0 Å². The third-order valence-electron chi connectivity index (χ3n) is 12.6. The van der Waals surface area contributed by atoms with Crippen molar-refractivity contribution in [3.63, 3.8) is 0 Å². The van der Waals surface area contributed by atoms with Gasteiger partial charge in [0.15, 0.2) is 0 Å². The average molecular weight is 779 g/mol. The van der Waals surface area contributed by atoms with Crippen LogP contribution < -0.4 is 0 Å². The molecule has 60 heavy (non-hydrogen) atoms. The summed E-state index contributed by atoms with van der Waals surface area (Å²) in [7, 11) is 0. The summed E-state index contributed by atoms with van der Waals surface area (Å²) in [5, 5.41) is 15.0. The molecule has 0 atom stereocenters. The SMILES string of the molecule is c1ccc(-c2c3ccccc3c(-c3cccc4sc5cc(-c6c7ccccc7c(-c7ccc8c(c7)oc7ccccc78)c7ccccc67)ccc5c34)c3ccccc23)cc1. The van der Waals surface area contributed by atoms with Crippen LogP contribution in [0.5, 0.6) is 0 Å². The Morgan fingerprint density at radius 3 is 1.30 bits per heavy atom. The normalized spacial score (nSPS) is 12.0. The molecule has 278 valence electrons. The lowest BCUT2D eigenvalue weighted by molar-refractivity contribution is 0.669. The predicted molar refractivity (Wildman–Crippen MR) is 258 cm³/mol. The Morgan fingerprint density at radius 1 is 0.267 bits per heavy atom. The summed E-state index contributed by atoms with van der Waals surface area (Å²) in [4.78, 5) is 0. The van der Waals surface area contributed by atoms with Crippen LogP contribution >= 0.6 is 11.3 Å². The molecule has 1 nitrogen and oxygen atoms in total. The molecule has 13 aromatic rings. The van der Waals surface area contributed by atoms with Crippen LogP contribution in [0.3, 0.4) is 0 Å². The second-order valence-electron chi connectivity index (χ2n) is 15.8. The van der Waals surface area contributed by atoms with Crippen molar-refractivity contribution in [3.8, 4) is 44.5 Å². The van der Waals surface area contributed by atoms with Gasteiger partial charge >= 0.3 is 0 Å². The molecular formula is C58H34OS. The van der Waals surface area contributed by atoms with Gasteiger partial charge in [0.1, 0.15) is 11.2 Å². The van der Waals surface area contributed by atoms with E-state index in [1.54, 1.807) is 0 Å². The van der Waals surface area contributed by atoms with Gasteiger partial charge in [-0.05, 0) is 118 Å². The molecule has 2 heteroatoms. The Hall–Kier alpha value is -7.52. The van der Waals surface area contributed by atoms with Gasteiger partial charge in [0, 0.05) is 30.9 Å². The first-order valence-corrected chi connectivity index (χ1v) is 21.4. The van der Waals surface area contributed by atoms with Crippen molar-refractivity contribution in [2.75, 3.05) is 0 Å². The summed E-state index contributed by atoms with van der Waals surface area (Å²) in [6.07, 6.45) is 0. The summed E-state index contributed by atoms with van der Waals surface area (Å²) < 4.78 is 8.99. The van der Waals surface area contributed by atoms with E-state index in [1.807, 2.05) is 17.4 Å². The molecule has 0 aliphatic heterocycles. The van der Waals surface area contributed by atoms with Crippen LogP contribution in [0.2, 0.25) is 0 Å². The van der Waals surface area contributed by atoms with Crippen molar-refractivity contribution in [2.24, 2.45) is 0 Å². The second kappa shape index (κ2) is 13.0. The van der Waals surface area contributed by atoms with E-state index in [0.29, 0.717) is 0 Å². The lowest BCUT2D eigenvalue weighted by atomic mass is 9.84. The maximum atomic E-state index is 6.40. The summed E-state index contributed by atoms with van der Waals surface area (Å²) in [5.41, 5.74) is 11.8. The summed E-state index contributed by atoms with van der Waals surface area (Å²) in [6.45, 7) is 0. The molecule has 0 radical (unpaired) electrons. The number of fused-ring (bicyclic) bond motifs is 10. The summed E-state index contributed by atoms with van der Waals surface area (Å²) >= 11 is 1.89. The van der Waals surface area contributed by atoms with E-state index in [9.17, 15) is 0 Å². The lowest BCUT2D eigenvalue weighted by Crippen LogP contribution is -1.91. The molecular weight excluding hydrogens is 745 g/mol. The molecule has 0 unspecified atom stereocenters. The fraction of sp³-hybridized carbons (Fsp3) is 0. The Labute approximate surface area is 350 Å². The Kier molecular flexibility index (Phi) is 7.24. The Bertz CT molecular complexity index is 3770. The molecule has 0 N–H and O–H groups in total. The number of hydrogen-bond donors (Lipinski definition) is 0. The Balaban J connectivity index is 1.04. The third kappa shape index (κ3) is 4.86. The highest BCUT2D eigenvalue weighted by molar-refractivity contribution is 7.26.